The third kappa shape index (κ3) is 2.76. The number of para-hydroxylation sites is 1. The van der Waals surface area contributed by atoms with Crippen molar-refractivity contribution in [2.75, 3.05) is 24.3 Å². The monoisotopic (exact) mass is 254 g/mol. The second-order valence-electron chi connectivity index (χ2n) is 4.48. The molecule has 2 aromatic rings. The zero-order valence-electron chi connectivity index (χ0n) is 11.5. The summed E-state index contributed by atoms with van der Waals surface area (Å²) in [6.45, 7) is 1.95. The van der Waals surface area contributed by atoms with Crippen LogP contribution in [0, 0.1) is 6.92 Å². The Morgan fingerprint density at radius 2 is 1.79 bits per heavy atom. The van der Waals surface area contributed by atoms with Crippen LogP contribution in [0.5, 0.6) is 0 Å². The van der Waals surface area contributed by atoms with Gasteiger partial charge in [-0.15, -0.1) is 0 Å². The second-order valence-corrected chi connectivity index (χ2v) is 4.48. The summed E-state index contributed by atoms with van der Waals surface area (Å²) in [4.78, 5) is 14.1. The van der Waals surface area contributed by atoms with Crippen LogP contribution in [0.4, 0.5) is 11.4 Å². The zero-order chi connectivity index (χ0) is 13.8. The molecule has 98 valence electrons. The molecule has 0 fully saturated rings. The summed E-state index contributed by atoms with van der Waals surface area (Å²) in [6, 6.07) is 15.4. The normalized spacial score (nSPS) is 10.1. The summed E-state index contributed by atoms with van der Waals surface area (Å²) < 4.78 is 0. The van der Waals surface area contributed by atoms with Gasteiger partial charge in [0.05, 0.1) is 0 Å². The highest BCUT2D eigenvalue weighted by atomic mass is 16.2. The van der Waals surface area contributed by atoms with Crippen LogP contribution in [0.3, 0.4) is 0 Å². The summed E-state index contributed by atoms with van der Waals surface area (Å²) in [7, 11) is 3.66. The van der Waals surface area contributed by atoms with Gasteiger partial charge in [-0.1, -0.05) is 18.2 Å². The van der Waals surface area contributed by atoms with Crippen molar-refractivity contribution in [3.05, 3.63) is 59.7 Å². The number of carbonyl (C=O) groups is 1. The highest BCUT2D eigenvalue weighted by molar-refractivity contribution is 6.06. The SMILES string of the molecule is CNc1ccc(C(=O)N(C)c2ccccc2)c(C)c1. The molecule has 0 aromatic heterocycles. The molecule has 0 unspecified atom stereocenters. The molecular weight excluding hydrogens is 236 g/mol. The Hall–Kier alpha value is -2.29. The largest absolute Gasteiger partial charge is 0.388 e. The van der Waals surface area contributed by atoms with Crippen molar-refractivity contribution in [2.24, 2.45) is 0 Å². The Balaban J connectivity index is 2.29. The van der Waals surface area contributed by atoms with E-state index in [0.29, 0.717) is 0 Å². The van der Waals surface area contributed by atoms with Crippen LogP contribution in [0.15, 0.2) is 48.5 Å². The molecule has 3 heteroatoms. The molecule has 0 spiro atoms. The van der Waals surface area contributed by atoms with E-state index in [2.05, 4.69) is 5.32 Å². The second kappa shape index (κ2) is 5.57. The first-order chi connectivity index (χ1) is 9.13. The standard InChI is InChI=1S/C16H18N2O/c1-12-11-13(17-2)9-10-15(12)16(19)18(3)14-7-5-4-6-8-14/h4-11,17H,1-3H3. The molecule has 2 rings (SSSR count). The molecule has 0 saturated heterocycles. The number of nitrogens with zero attached hydrogens (tertiary/aromatic N) is 1. The van der Waals surface area contributed by atoms with Crippen molar-refractivity contribution in [2.45, 2.75) is 6.92 Å². The Morgan fingerprint density at radius 1 is 1.11 bits per heavy atom. The Labute approximate surface area is 113 Å². The number of nitrogens with one attached hydrogen (secondary N) is 1. The fourth-order valence-corrected chi connectivity index (χ4v) is 2.01. The Bertz CT molecular complexity index is 579. The lowest BCUT2D eigenvalue weighted by molar-refractivity contribution is 0.0992. The average Bonchev–Trinajstić information content (AvgIpc) is 2.46. The minimum absolute atomic E-state index is 0.00588. The number of hydrogen-bond donors (Lipinski definition) is 1. The first kappa shape index (κ1) is 13.1. The number of benzene rings is 2. The lowest BCUT2D eigenvalue weighted by atomic mass is 10.1. The first-order valence-corrected chi connectivity index (χ1v) is 6.25. The molecule has 0 aliphatic rings. The van der Waals surface area contributed by atoms with Crippen molar-refractivity contribution in [1.29, 1.82) is 0 Å². The number of rotatable bonds is 3. The van der Waals surface area contributed by atoms with E-state index in [4.69, 9.17) is 0 Å². The predicted octanol–water partition coefficient (Wildman–Crippen LogP) is 3.31. The van der Waals surface area contributed by atoms with Gasteiger partial charge in [0.15, 0.2) is 0 Å². The summed E-state index contributed by atoms with van der Waals surface area (Å²) in [5.41, 5.74) is 3.60. The first-order valence-electron chi connectivity index (χ1n) is 6.25. The molecule has 1 N–H and O–H groups in total. The van der Waals surface area contributed by atoms with Gasteiger partial charge in [-0.2, -0.15) is 0 Å². The van der Waals surface area contributed by atoms with Crippen molar-refractivity contribution in [3.8, 4) is 0 Å². The van der Waals surface area contributed by atoms with Gasteiger partial charge in [-0.25, -0.2) is 0 Å². The van der Waals surface area contributed by atoms with E-state index >= 15 is 0 Å². The summed E-state index contributed by atoms with van der Waals surface area (Å²) in [5.74, 6) is 0.00588. The van der Waals surface area contributed by atoms with Crippen molar-refractivity contribution in [3.63, 3.8) is 0 Å². The van der Waals surface area contributed by atoms with Gasteiger partial charge in [-0.3, -0.25) is 4.79 Å². The molecule has 2 aromatic carbocycles. The Kier molecular flexibility index (Phi) is 3.85. The lowest BCUT2D eigenvalue weighted by Gasteiger charge is -2.18. The summed E-state index contributed by atoms with van der Waals surface area (Å²) >= 11 is 0. The minimum Gasteiger partial charge on any atom is -0.388 e. The quantitative estimate of drug-likeness (QED) is 0.911. The van der Waals surface area contributed by atoms with Crippen LogP contribution in [0.1, 0.15) is 15.9 Å². The van der Waals surface area contributed by atoms with E-state index in [1.54, 1.807) is 11.9 Å². The van der Waals surface area contributed by atoms with Crippen LogP contribution in [0.25, 0.3) is 0 Å². The molecule has 3 nitrogen and oxygen atoms in total. The molecule has 0 saturated carbocycles. The lowest BCUT2D eigenvalue weighted by Crippen LogP contribution is -2.26. The summed E-state index contributed by atoms with van der Waals surface area (Å²) in [5, 5.41) is 3.07. The average molecular weight is 254 g/mol. The van der Waals surface area contributed by atoms with Crippen LogP contribution >= 0.6 is 0 Å². The van der Waals surface area contributed by atoms with Gasteiger partial charge in [0.2, 0.25) is 0 Å². The molecule has 19 heavy (non-hydrogen) atoms. The van der Waals surface area contributed by atoms with Gasteiger partial charge in [0.1, 0.15) is 0 Å². The topological polar surface area (TPSA) is 32.3 Å². The minimum atomic E-state index is 0.00588. The molecule has 0 radical (unpaired) electrons. The fraction of sp³-hybridized carbons (Fsp3) is 0.188. The van der Waals surface area contributed by atoms with E-state index in [0.717, 1.165) is 22.5 Å². The Morgan fingerprint density at radius 3 is 2.37 bits per heavy atom. The fourth-order valence-electron chi connectivity index (χ4n) is 2.01. The maximum absolute atomic E-state index is 12.5. The number of carbonyl (C=O) groups excluding carboxylic acids is 1. The van der Waals surface area contributed by atoms with Crippen molar-refractivity contribution < 1.29 is 4.79 Å². The van der Waals surface area contributed by atoms with E-state index in [1.165, 1.54) is 0 Å². The van der Waals surface area contributed by atoms with Gasteiger partial charge in [-0.05, 0) is 42.8 Å². The number of aryl methyl sites for hydroxylation is 1. The summed E-state index contributed by atoms with van der Waals surface area (Å²) in [6.07, 6.45) is 0. The van der Waals surface area contributed by atoms with Crippen LogP contribution in [0.2, 0.25) is 0 Å². The zero-order valence-corrected chi connectivity index (χ0v) is 11.5. The van der Waals surface area contributed by atoms with Crippen molar-refractivity contribution >= 4 is 17.3 Å². The van der Waals surface area contributed by atoms with E-state index in [1.807, 2.05) is 62.5 Å². The van der Waals surface area contributed by atoms with Gasteiger partial charge >= 0.3 is 0 Å². The van der Waals surface area contributed by atoms with E-state index < -0.39 is 0 Å². The highest BCUT2D eigenvalue weighted by Gasteiger charge is 2.15. The third-order valence-electron chi connectivity index (χ3n) is 3.19. The van der Waals surface area contributed by atoms with Gasteiger partial charge in [0.25, 0.3) is 5.91 Å². The van der Waals surface area contributed by atoms with Gasteiger partial charge < -0.3 is 10.2 Å². The molecule has 0 bridgehead atoms. The molecular formula is C16H18N2O. The highest BCUT2D eigenvalue weighted by Crippen LogP contribution is 2.19. The van der Waals surface area contributed by atoms with Gasteiger partial charge in [0, 0.05) is 31.0 Å². The molecule has 0 atom stereocenters. The maximum atomic E-state index is 12.5. The van der Waals surface area contributed by atoms with Crippen LogP contribution < -0.4 is 10.2 Å². The molecule has 0 heterocycles. The van der Waals surface area contributed by atoms with Crippen molar-refractivity contribution in [1.82, 2.24) is 0 Å². The molecule has 0 aliphatic heterocycles. The third-order valence-corrected chi connectivity index (χ3v) is 3.19. The number of amides is 1. The molecule has 1 amide bonds. The van der Waals surface area contributed by atoms with Crippen LogP contribution in [-0.4, -0.2) is 20.0 Å². The van der Waals surface area contributed by atoms with E-state index in [-0.39, 0.29) is 5.91 Å². The molecule has 0 aliphatic carbocycles. The van der Waals surface area contributed by atoms with Crippen LogP contribution in [-0.2, 0) is 0 Å². The number of anilines is 2. The maximum Gasteiger partial charge on any atom is 0.258 e. The smallest absolute Gasteiger partial charge is 0.258 e. The van der Waals surface area contributed by atoms with E-state index in [9.17, 15) is 4.79 Å². The predicted molar refractivity (Wildman–Crippen MR) is 79.9 cm³/mol. The number of hydrogen-bond acceptors (Lipinski definition) is 2.